The van der Waals surface area contributed by atoms with Crippen LogP contribution in [-0.2, 0) is 17.9 Å². The van der Waals surface area contributed by atoms with E-state index >= 15 is 0 Å². The monoisotopic (exact) mass is 446 g/mol. The van der Waals surface area contributed by atoms with Crippen LogP contribution in [0.5, 0.6) is 0 Å². The molecule has 0 bridgehead atoms. The molecule has 4 rings (SSSR count). The Kier molecular flexibility index (Phi) is 6.19. The molecular weight excluding hydrogens is 412 g/mol. The maximum atomic E-state index is 13.8. The second-order valence-corrected chi connectivity index (χ2v) is 9.84. The Hall–Kier alpha value is -3.28. The van der Waals surface area contributed by atoms with Gasteiger partial charge in [0, 0.05) is 43.8 Å². The summed E-state index contributed by atoms with van der Waals surface area (Å²) < 4.78 is 2.01. The van der Waals surface area contributed by atoms with Gasteiger partial charge in [-0.15, -0.1) is 0 Å². The fourth-order valence-electron chi connectivity index (χ4n) is 4.50. The van der Waals surface area contributed by atoms with Crippen molar-refractivity contribution in [2.75, 3.05) is 25.5 Å². The van der Waals surface area contributed by atoms with Crippen molar-refractivity contribution < 1.29 is 9.59 Å². The van der Waals surface area contributed by atoms with Gasteiger partial charge in [-0.2, -0.15) is 0 Å². The summed E-state index contributed by atoms with van der Waals surface area (Å²) >= 11 is 0. The van der Waals surface area contributed by atoms with Crippen molar-refractivity contribution in [2.45, 2.75) is 45.8 Å². The highest BCUT2D eigenvalue weighted by Crippen LogP contribution is 2.33. The number of hydrogen-bond acceptors (Lipinski definition) is 3. The highest BCUT2D eigenvalue weighted by Gasteiger charge is 2.47. The number of carbonyl (C=O) groups is 2. The Balaban J connectivity index is 1.71. The molecule has 0 saturated carbocycles. The molecule has 3 aromatic rings. The van der Waals surface area contributed by atoms with Crippen LogP contribution < -0.4 is 10.2 Å². The minimum absolute atomic E-state index is 0.107. The van der Waals surface area contributed by atoms with Crippen LogP contribution in [0.4, 0.5) is 5.69 Å². The van der Waals surface area contributed by atoms with Gasteiger partial charge >= 0.3 is 0 Å². The third kappa shape index (κ3) is 4.34. The largest absolute Gasteiger partial charge is 0.378 e. The minimum atomic E-state index is -0.997. The van der Waals surface area contributed by atoms with Gasteiger partial charge in [0.15, 0.2) is 0 Å². The Bertz CT molecular complexity index is 1160. The summed E-state index contributed by atoms with van der Waals surface area (Å²) in [7, 11) is 4.00. The number of fused-ring (bicyclic) bond motifs is 3. The van der Waals surface area contributed by atoms with Gasteiger partial charge in [-0.3, -0.25) is 9.59 Å². The van der Waals surface area contributed by atoms with E-state index in [2.05, 4.69) is 19.2 Å². The number of nitrogens with one attached hydrogen (secondary N) is 1. The molecule has 0 fully saturated rings. The molecule has 0 saturated heterocycles. The predicted octanol–water partition coefficient (Wildman–Crippen LogP) is 4.28. The molecule has 6 heteroatoms. The summed E-state index contributed by atoms with van der Waals surface area (Å²) in [6.07, 6.45) is 0.902. The summed E-state index contributed by atoms with van der Waals surface area (Å²) in [5.74, 6) is 0.276. The lowest BCUT2D eigenvalue weighted by molar-refractivity contribution is -0.133. The van der Waals surface area contributed by atoms with Gasteiger partial charge in [-0.25, -0.2) is 0 Å². The maximum Gasteiger partial charge on any atom is 0.271 e. The predicted molar refractivity (Wildman–Crippen MR) is 133 cm³/mol. The molecule has 174 valence electrons. The molecule has 1 unspecified atom stereocenters. The molecule has 33 heavy (non-hydrogen) atoms. The first kappa shape index (κ1) is 22.9. The van der Waals surface area contributed by atoms with Crippen LogP contribution in [0.2, 0.25) is 0 Å². The summed E-state index contributed by atoms with van der Waals surface area (Å²) in [5.41, 5.74) is 2.71. The first-order valence-corrected chi connectivity index (χ1v) is 11.7. The fourth-order valence-corrected chi connectivity index (χ4v) is 4.50. The van der Waals surface area contributed by atoms with Crippen LogP contribution in [0.15, 0.2) is 54.6 Å². The Morgan fingerprint density at radius 2 is 1.82 bits per heavy atom. The molecule has 6 nitrogen and oxygen atoms in total. The first-order valence-electron chi connectivity index (χ1n) is 11.7. The van der Waals surface area contributed by atoms with Crippen molar-refractivity contribution in [3.8, 4) is 0 Å². The van der Waals surface area contributed by atoms with Gasteiger partial charge in [0.25, 0.3) is 5.91 Å². The van der Waals surface area contributed by atoms with Crippen LogP contribution >= 0.6 is 0 Å². The van der Waals surface area contributed by atoms with E-state index in [1.54, 1.807) is 4.90 Å². The maximum absolute atomic E-state index is 13.8. The lowest BCUT2D eigenvalue weighted by Crippen LogP contribution is -2.63. The third-order valence-corrected chi connectivity index (χ3v) is 6.63. The van der Waals surface area contributed by atoms with E-state index < -0.39 is 5.54 Å². The van der Waals surface area contributed by atoms with Crippen LogP contribution in [0.25, 0.3) is 10.9 Å². The zero-order chi connectivity index (χ0) is 23.8. The lowest BCUT2D eigenvalue weighted by atomic mass is 9.93. The van der Waals surface area contributed by atoms with E-state index in [0.29, 0.717) is 31.2 Å². The van der Waals surface area contributed by atoms with Crippen LogP contribution in [0, 0.1) is 5.92 Å². The molecule has 1 N–H and O–H groups in total. The number of rotatable bonds is 7. The smallest absolute Gasteiger partial charge is 0.271 e. The molecule has 0 radical (unpaired) electrons. The molecule has 0 aliphatic carbocycles. The van der Waals surface area contributed by atoms with E-state index in [0.717, 1.165) is 28.6 Å². The van der Waals surface area contributed by atoms with Gasteiger partial charge in [0.1, 0.15) is 11.2 Å². The highest BCUT2D eigenvalue weighted by atomic mass is 16.2. The molecule has 2 amide bonds. The van der Waals surface area contributed by atoms with E-state index in [-0.39, 0.29) is 11.8 Å². The molecule has 1 atom stereocenters. The number of para-hydroxylation sites is 1. The van der Waals surface area contributed by atoms with E-state index in [9.17, 15) is 9.59 Å². The zero-order valence-corrected chi connectivity index (χ0v) is 20.3. The number of aromatic nitrogens is 1. The number of amides is 2. The molecule has 0 spiro atoms. The van der Waals surface area contributed by atoms with E-state index in [1.807, 2.05) is 85.1 Å². The van der Waals surface area contributed by atoms with Crippen molar-refractivity contribution >= 4 is 28.4 Å². The van der Waals surface area contributed by atoms with Crippen LogP contribution in [0.1, 0.15) is 43.2 Å². The minimum Gasteiger partial charge on any atom is -0.378 e. The number of carbonyl (C=O) groups excluding carboxylic acids is 2. The van der Waals surface area contributed by atoms with Crippen LogP contribution in [0.3, 0.4) is 0 Å². The molecule has 1 aliphatic heterocycles. The average molecular weight is 447 g/mol. The van der Waals surface area contributed by atoms with Crippen molar-refractivity contribution in [1.29, 1.82) is 0 Å². The Labute approximate surface area is 196 Å². The highest BCUT2D eigenvalue weighted by molar-refractivity contribution is 6.03. The summed E-state index contributed by atoms with van der Waals surface area (Å²) in [6, 6.07) is 18.1. The normalized spacial score (nSPS) is 18.0. The molecule has 2 aromatic carbocycles. The summed E-state index contributed by atoms with van der Waals surface area (Å²) in [4.78, 5) is 31.1. The second-order valence-electron chi connectivity index (χ2n) is 9.84. The number of anilines is 1. The van der Waals surface area contributed by atoms with Crippen molar-refractivity contribution in [3.63, 3.8) is 0 Å². The van der Waals surface area contributed by atoms with Crippen LogP contribution in [-0.4, -0.2) is 47.5 Å². The van der Waals surface area contributed by atoms with Gasteiger partial charge in [-0.1, -0.05) is 44.2 Å². The van der Waals surface area contributed by atoms with Crippen molar-refractivity contribution in [1.82, 2.24) is 14.8 Å². The zero-order valence-electron chi connectivity index (χ0n) is 20.3. The number of hydrogen-bond donors (Lipinski definition) is 1. The molecule has 1 aromatic heterocycles. The Morgan fingerprint density at radius 3 is 2.48 bits per heavy atom. The number of benzene rings is 2. The Morgan fingerprint density at radius 1 is 1.12 bits per heavy atom. The van der Waals surface area contributed by atoms with Gasteiger partial charge < -0.3 is 19.7 Å². The third-order valence-electron chi connectivity index (χ3n) is 6.63. The van der Waals surface area contributed by atoms with Crippen molar-refractivity contribution in [3.05, 3.63) is 65.9 Å². The summed E-state index contributed by atoms with van der Waals surface area (Å²) in [5, 5.41) is 4.12. The van der Waals surface area contributed by atoms with E-state index in [1.165, 1.54) is 0 Å². The first-order chi connectivity index (χ1) is 15.7. The molecular formula is C27H34N4O2. The van der Waals surface area contributed by atoms with Gasteiger partial charge in [0.2, 0.25) is 5.91 Å². The fraction of sp³-hybridized carbons (Fsp3) is 0.407. The second kappa shape index (κ2) is 8.93. The SMILES string of the molecule is CC(C)CCNC(=O)C1(C)Cn2c(cc3ccccc32)C(=O)N1Cc1ccc(N(C)C)cc1. The quantitative estimate of drug-likeness (QED) is 0.589. The van der Waals surface area contributed by atoms with Gasteiger partial charge in [0.05, 0.1) is 6.54 Å². The molecule has 1 aliphatic rings. The summed E-state index contributed by atoms with van der Waals surface area (Å²) in [6.45, 7) is 7.57. The van der Waals surface area contributed by atoms with Gasteiger partial charge in [-0.05, 0) is 49.1 Å². The lowest BCUT2D eigenvalue weighted by Gasteiger charge is -2.44. The van der Waals surface area contributed by atoms with Crippen molar-refractivity contribution in [2.24, 2.45) is 5.92 Å². The molecule has 2 heterocycles. The topological polar surface area (TPSA) is 57.6 Å². The average Bonchev–Trinajstić information content (AvgIpc) is 3.15. The van der Waals surface area contributed by atoms with E-state index in [4.69, 9.17) is 0 Å². The number of nitrogens with zero attached hydrogens (tertiary/aromatic N) is 3. The standard InChI is InChI=1S/C27H34N4O2/c1-19(2)14-15-28-26(33)27(3)18-30-23-9-7-6-8-21(23)16-24(30)25(32)31(27)17-20-10-12-22(13-11-20)29(4)5/h6-13,16,19H,14-15,17-18H2,1-5H3,(H,28,33).